The van der Waals surface area contributed by atoms with Gasteiger partial charge in [-0.25, -0.2) is 0 Å². The molecule has 0 saturated heterocycles. The Hall–Kier alpha value is -1.26. The summed E-state index contributed by atoms with van der Waals surface area (Å²) in [6, 6.07) is 7.20. The van der Waals surface area contributed by atoms with Crippen LogP contribution in [0.4, 0.5) is 0 Å². The van der Waals surface area contributed by atoms with Crippen molar-refractivity contribution in [1.82, 2.24) is 5.32 Å². The van der Waals surface area contributed by atoms with Gasteiger partial charge in [-0.15, -0.1) is 12.4 Å². The molecule has 0 aliphatic heterocycles. The van der Waals surface area contributed by atoms with Gasteiger partial charge in [0.15, 0.2) is 0 Å². The highest BCUT2D eigenvalue weighted by molar-refractivity contribution is 5.85. The van der Waals surface area contributed by atoms with Crippen molar-refractivity contribution in [3.63, 3.8) is 0 Å². The summed E-state index contributed by atoms with van der Waals surface area (Å²) >= 11 is 0. The Morgan fingerprint density at radius 2 is 1.89 bits per heavy atom. The third kappa shape index (κ3) is 5.94. The average Bonchev–Trinajstić information content (AvgIpc) is 2.36. The van der Waals surface area contributed by atoms with Gasteiger partial charge in [0.2, 0.25) is 5.91 Å². The minimum absolute atomic E-state index is 0. The molecule has 5 heteroatoms. The lowest BCUT2D eigenvalue weighted by atomic mass is 10.1. The van der Waals surface area contributed by atoms with Gasteiger partial charge >= 0.3 is 0 Å². The lowest BCUT2D eigenvalue weighted by molar-refractivity contribution is -0.122. The molecule has 0 bridgehead atoms. The van der Waals surface area contributed by atoms with Crippen molar-refractivity contribution in [1.29, 1.82) is 0 Å². The molecule has 1 aromatic rings. The molecule has 0 fully saturated rings. The lowest BCUT2D eigenvalue weighted by Gasteiger charge is -2.16. The highest BCUT2D eigenvalue weighted by Crippen LogP contribution is 2.17. The summed E-state index contributed by atoms with van der Waals surface area (Å²) in [6.45, 7) is 6.39. The van der Waals surface area contributed by atoms with Crippen LogP contribution in [-0.2, 0) is 4.79 Å². The number of hydrogen-bond acceptors (Lipinski definition) is 3. The predicted molar refractivity (Wildman–Crippen MR) is 79.7 cm³/mol. The molecule has 0 saturated carbocycles. The Labute approximate surface area is 121 Å². The Kier molecular flexibility index (Phi) is 8.19. The van der Waals surface area contributed by atoms with Gasteiger partial charge in [0.1, 0.15) is 5.75 Å². The number of carbonyl (C=O) groups excluding carboxylic acids is 1. The van der Waals surface area contributed by atoms with Crippen LogP contribution in [-0.4, -0.2) is 18.6 Å². The lowest BCUT2D eigenvalue weighted by Crippen LogP contribution is -2.39. The van der Waals surface area contributed by atoms with Gasteiger partial charge in [0.05, 0.1) is 18.7 Å². The van der Waals surface area contributed by atoms with Crippen molar-refractivity contribution in [2.24, 2.45) is 5.73 Å². The summed E-state index contributed by atoms with van der Waals surface area (Å²) < 4.78 is 5.50. The minimum atomic E-state index is -0.486. The largest absolute Gasteiger partial charge is 0.494 e. The van der Waals surface area contributed by atoms with E-state index in [2.05, 4.69) is 12.2 Å². The first-order valence-corrected chi connectivity index (χ1v) is 6.33. The highest BCUT2D eigenvalue weighted by atomic mass is 35.5. The van der Waals surface area contributed by atoms with Crippen molar-refractivity contribution in [3.8, 4) is 5.75 Å². The smallest absolute Gasteiger partial charge is 0.237 e. The topological polar surface area (TPSA) is 64.3 Å². The molecule has 1 unspecified atom stereocenters. The SMILES string of the molecule is CCCOc1ccc(C(C)NC(=O)[C@@H](C)N)cc1.Cl. The predicted octanol–water partition coefficient (Wildman–Crippen LogP) is 2.42. The fourth-order valence-electron chi connectivity index (χ4n) is 1.50. The van der Waals surface area contributed by atoms with Crippen molar-refractivity contribution in [3.05, 3.63) is 29.8 Å². The zero-order valence-electron chi connectivity index (χ0n) is 11.7. The van der Waals surface area contributed by atoms with E-state index in [1.807, 2.05) is 31.2 Å². The van der Waals surface area contributed by atoms with E-state index in [1.54, 1.807) is 6.92 Å². The van der Waals surface area contributed by atoms with Crippen molar-refractivity contribution < 1.29 is 9.53 Å². The summed E-state index contributed by atoms with van der Waals surface area (Å²) in [7, 11) is 0. The van der Waals surface area contributed by atoms with E-state index in [0.29, 0.717) is 0 Å². The van der Waals surface area contributed by atoms with Gasteiger partial charge in [-0.05, 0) is 38.0 Å². The number of ether oxygens (including phenoxy) is 1. The first-order valence-electron chi connectivity index (χ1n) is 6.33. The molecule has 0 heterocycles. The Morgan fingerprint density at radius 1 is 1.32 bits per heavy atom. The highest BCUT2D eigenvalue weighted by Gasteiger charge is 2.12. The quantitative estimate of drug-likeness (QED) is 0.844. The molecule has 0 aliphatic rings. The summed E-state index contributed by atoms with van der Waals surface area (Å²) in [6.07, 6.45) is 0.989. The van der Waals surface area contributed by atoms with Crippen LogP contribution in [0.3, 0.4) is 0 Å². The molecule has 1 amide bonds. The molecule has 0 aliphatic carbocycles. The molecule has 19 heavy (non-hydrogen) atoms. The van der Waals surface area contributed by atoms with E-state index in [4.69, 9.17) is 10.5 Å². The molecule has 0 radical (unpaired) electrons. The van der Waals surface area contributed by atoms with Gasteiger partial charge in [-0.2, -0.15) is 0 Å². The minimum Gasteiger partial charge on any atom is -0.494 e. The van der Waals surface area contributed by atoms with Crippen LogP contribution >= 0.6 is 12.4 Å². The van der Waals surface area contributed by atoms with E-state index >= 15 is 0 Å². The molecular weight excluding hydrogens is 264 g/mol. The second-order valence-electron chi connectivity index (χ2n) is 4.44. The Balaban J connectivity index is 0.00000324. The first kappa shape index (κ1) is 17.7. The zero-order valence-corrected chi connectivity index (χ0v) is 12.5. The summed E-state index contributed by atoms with van der Waals surface area (Å²) in [5.74, 6) is 0.708. The standard InChI is InChI=1S/C14H22N2O2.ClH/c1-4-9-18-13-7-5-12(6-8-13)11(3)16-14(17)10(2)15;/h5-8,10-11H,4,9,15H2,1-3H3,(H,16,17);1H/t10-,11?;/m1./s1. The second kappa shape index (κ2) is 8.77. The Morgan fingerprint density at radius 3 is 2.37 bits per heavy atom. The number of amides is 1. The number of rotatable bonds is 6. The van der Waals surface area contributed by atoms with Crippen LogP contribution in [0.25, 0.3) is 0 Å². The number of carbonyl (C=O) groups is 1. The third-order valence-electron chi connectivity index (χ3n) is 2.63. The van der Waals surface area contributed by atoms with Crippen molar-refractivity contribution >= 4 is 18.3 Å². The zero-order chi connectivity index (χ0) is 13.5. The Bertz CT molecular complexity index is 380. The van der Waals surface area contributed by atoms with Gasteiger partial charge in [0.25, 0.3) is 0 Å². The number of nitrogens with one attached hydrogen (secondary N) is 1. The molecule has 1 aromatic carbocycles. The van der Waals surface area contributed by atoms with Gasteiger partial charge in [0, 0.05) is 0 Å². The van der Waals surface area contributed by atoms with Crippen LogP contribution in [0.2, 0.25) is 0 Å². The van der Waals surface area contributed by atoms with Crippen LogP contribution in [0.5, 0.6) is 5.75 Å². The maximum absolute atomic E-state index is 11.5. The summed E-state index contributed by atoms with van der Waals surface area (Å²) in [5, 5.41) is 2.85. The molecule has 1 rings (SSSR count). The number of halogens is 1. The summed E-state index contributed by atoms with van der Waals surface area (Å²) in [4.78, 5) is 11.5. The third-order valence-corrected chi connectivity index (χ3v) is 2.63. The van der Waals surface area contributed by atoms with Crippen LogP contribution in [0, 0.1) is 0 Å². The molecule has 0 aromatic heterocycles. The van der Waals surface area contributed by atoms with Crippen LogP contribution < -0.4 is 15.8 Å². The van der Waals surface area contributed by atoms with Crippen molar-refractivity contribution in [2.45, 2.75) is 39.3 Å². The maximum Gasteiger partial charge on any atom is 0.237 e. The maximum atomic E-state index is 11.5. The van der Waals surface area contributed by atoms with E-state index in [1.165, 1.54) is 0 Å². The molecule has 0 spiro atoms. The fraction of sp³-hybridized carbons (Fsp3) is 0.500. The van der Waals surface area contributed by atoms with E-state index in [0.717, 1.165) is 24.3 Å². The fourth-order valence-corrected chi connectivity index (χ4v) is 1.50. The monoisotopic (exact) mass is 286 g/mol. The summed E-state index contributed by atoms with van der Waals surface area (Å²) in [5.41, 5.74) is 6.54. The number of benzene rings is 1. The van der Waals surface area contributed by atoms with Crippen molar-refractivity contribution in [2.75, 3.05) is 6.61 Å². The van der Waals surface area contributed by atoms with Crippen LogP contribution in [0.15, 0.2) is 24.3 Å². The average molecular weight is 287 g/mol. The normalized spacial score (nSPS) is 13.1. The molecule has 2 atom stereocenters. The molecule has 108 valence electrons. The van der Waals surface area contributed by atoms with E-state index < -0.39 is 6.04 Å². The molecular formula is C14H23ClN2O2. The number of nitrogens with two attached hydrogens (primary N) is 1. The second-order valence-corrected chi connectivity index (χ2v) is 4.44. The van der Waals surface area contributed by atoms with E-state index in [-0.39, 0.29) is 24.4 Å². The van der Waals surface area contributed by atoms with E-state index in [9.17, 15) is 4.79 Å². The first-order chi connectivity index (χ1) is 8.54. The van der Waals surface area contributed by atoms with Gasteiger partial charge < -0.3 is 15.8 Å². The molecule has 3 N–H and O–H groups in total. The number of hydrogen-bond donors (Lipinski definition) is 2. The van der Waals surface area contributed by atoms with Gasteiger partial charge in [-0.1, -0.05) is 19.1 Å². The molecule has 4 nitrogen and oxygen atoms in total. The van der Waals surface area contributed by atoms with Crippen LogP contribution in [0.1, 0.15) is 38.8 Å². The van der Waals surface area contributed by atoms with Gasteiger partial charge in [-0.3, -0.25) is 4.79 Å².